The fourth-order valence-electron chi connectivity index (χ4n) is 5.88. The summed E-state index contributed by atoms with van der Waals surface area (Å²) in [6, 6.07) is 25.4. The summed E-state index contributed by atoms with van der Waals surface area (Å²) in [5.74, 6) is -0.388. The maximum atomic E-state index is 13.0. The van der Waals surface area contributed by atoms with E-state index in [4.69, 9.17) is 28.8 Å². The van der Waals surface area contributed by atoms with Crippen molar-refractivity contribution in [3.8, 4) is 0 Å². The van der Waals surface area contributed by atoms with E-state index in [1.165, 1.54) is 35.4 Å². The Morgan fingerprint density at radius 2 is 0.958 bits per heavy atom. The number of nitrogens with one attached hydrogen (secondary N) is 2. The summed E-state index contributed by atoms with van der Waals surface area (Å²) in [5.41, 5.74) is 27.8. The molecule has 250 valence electrons. The monoisotopic (exact) mass is 1100 g/mol. The fourth-order valence-corrected chi connectivity index (χ4v) is 6.15. The largest absolute Gasteiger partial charge is 0.674 e. The summed E-state index contributed by atoms with van der Waals surface area (Å²) in [5, 5.41) is 0.683. The first-order chi connectivity index (χ1) is 22.3. The van der Waals surface area contributed by atoms with E-state index in [9.17, 15) is 8.78 Å². The van der Waals surface area contributed by atoms with Gasteiger partial charge in [-0.1, -0.05) is 41.4 Å². The number of anilines is 3. The molecule has 4 N–H and O–H groups in total. The van der Waals surface area contributed by atoms with Crippen LogP contribution in [0.5, 0.6) is 0 Å². The minimum absolute atomic E-state index is 0. The molecule has 0 atom stereocenters. The van der Waals surface area contributed by atoms with Crippen molar-refractivity contribution in [2.75, 3.05) is 67.9 Å². The van der Waals surface area contributed by atoms with Crippen molar-refractivity contribution >= 4 is 28.7 Å². The van der Waals surface area contributed by atoms with Crippen molar-refractivity contribution in [1.29, 1.82) is 0 Å². The Hall–Kier alpha value is -0.847. The number of nitrogen functional groups attached to an aromatic ring is 1. The van der Waals surface area contributed by atoms with Gasteiger partial charge in [0.25, 0.3) is 0 Å². The van der Waals surface area contributed by atoms with E-state index in [1.807, 2.05) is 48.5 Å². The third-order valence-electron chi connectivity index (χ3n) is 8.65. The molecule has 7 nitrogen and oxygen atoms in total. The molecule has 0 unspecified atom stereocenters. The maximum Gasteiger partial charge on any atom is 0.123 e. The number of piperazine rings is 2. The second-order valence-electron chi connectivity index (χ2n) is 11.8. The number of nitrogens with zero attached hydrogens (tertiary/aromatic N) is 4. The first kappa shape index (κ1) is 41.6. The molecule has 0 saturated carbocycles. The molecule has 48 heavy (non-hydrogen) atoms. The zero-order valence-electron chi connectivity index (χ0n) is 27.2. The van der Waals surface area contributed by atoms with Gasteiger partial charge in [-0.05, 0) is 77.4 Å². The average Bonchev–Trinajstić information content (AvgIpc) is 3.07. The van der Waals surface area contributed by atoms with Gasteiger partial charge < -0.3 is 27.0 Å². The summed E-state index contributed by atoms with van der Waals surface area (Å²) < 4.78 is 26.0. The van der Waals surface area contributed by atoms with Gasteiger partial charge in [-0.2, -0.15) is 0 Å². The molecular formula is C36H42Ac2ClF2N7-2. The molecular weight excluding hydrogens is 1060 g/mol. The van der Waals surface area contributed by atoms with Crippen LogP contribution in [0.25, 0.3) is 11.5 Å². The van der Waals surface area contributed by atoms with Crippen LogP contribution in [0.1, 0.15) is 22.3 Å². The molecule has 0 aromatic heterocycles. The normalized spacial score (nSPS) is 15.2. The van der Waals surface area contributed by atoms with Crippen LogP contribution < -0.4 is 15.5 Å². The molecule has 4 aromatic rings. The minimum atomic E-state index is -0.194. The van der Waals surface area contributed by atoms with Gasteiger partial charge in [-0.3, -0.25) is 9.80 Å². The van der Waals surface area contributed by atoms with Crippen LogP contribution in [-0.4, -0.2) is 62.2 Å². The predicted octanol–water partition coefficient (Wildman–Crippen LogP) is 7.64. The second kappa shape index (κ2) is 20.9. The van der Waals surface area contributed by atoms with Crippen molar-refractivity contribution in [1.82, 2.24) is 9.80 Å². The van der Waals surface area contributed by atoms with Gasteiger partial charge >= 0.3 is 0 Å². The predicted molar refractivity (Wildman–Crippen MR) is 186 cm³/mol. The molecule has 2 radical (unpaired) electrons. The molecule has 0 spiro atoms. The molecule has 2 saturated heterocycles. The standard InChI is InChI=1S/C18H20ClFN3.C18H22FN4.2Ac/c19-18-11-14(1-2-15(18)12-21)13-22-7-9-23(10-8-22)17-5-3-16(20)4-6-17;19-16-3-5-17(6-4-16)23-9-7-22(8-10-23)13-14-1-2-15(12-20)18(21)11-14;;/h1-6,11,21H,7-10,12-13H2;1-6,11,20H,7-10,12-13,21H2;;/q2*-1;;. The van der Waals surface area contributed by atoms with E-state index in [0.717, 1.165) is 87.9 Å². The third-order valence-corrected chi connectivity index (χ3v) is 9.00. The number of hydrogen-bond donors (Lipinski definition) is 1. The Bertz CT molecular complexity index is 1430. The molecule has 0 aliphatic carbocycles. The van der Waals surface area contributed by atoms with E-state index in [2.05, 4.69) is 31.7 Å². The molecule has 2 aliphatic heterocycles. The molecule has 2 aliphatic rings. The van der Waals surface area contributed by atoms with Crippen molar-refractivity contribution in [3.05, 3.63) is 135 Å². The second-order valence-corrected chi connectivity index (χ2v) is 12.2. The first-order valence-electron chi connectivity index (χ1n) is 15.7. The van der Waals surface area contributed by atoms with Crippen LogP contribution in [0, 0.1) is 99.8 Å². The van der Waals surface area contributed by atoms with E-state index in [1.54, 1.807) is 0 Å². The summed E-state index contributed by atoms with van der Waals surface area (Å²) in [6.45, 7) is 9.80. The smallest absolute Gasteiger partial charge is 0.123 e. The van der Waals surface area contributed by atoms with E-state index in [0.29, 0.717) is 10.7 Å². The Kier molecular flexibility index (Phi) is 18.1. The van der Waals surface area contributed by atoms with Gasteiger partial charge in [-0.25, -0.2) is 8.78 Å². The Balaban J connectivity index is 0.000000250. The van der Waals surface area contributed by atoms with Crippen molar-refractivity contribution < 1.29 is 96.9 Å². The van der Waals surface area contributed by atoms with Gasteiger partial charge in [-0.15, -0.1) is 13.1 Å². The molecule has 2 fully saturated rings. The van der Waals surface area contributed by atoms with Crippen LogP contribution in [-0.2, 0) is 26.2 Å². The first-order valence-corrected chi connectivity index (χ1v) is 16.1. The number of rotatable bonds is 8. The van der Waals surface area contributed by atoms with E-state index in [-0.39, 0.29) is 113 Å². The zero-order valence-corrected chi connectivity index (χ0v) is 37.5. The zero-order chi connectivity index (χ0) is 32.5. The number of hydrogen-bond acceptors (Lipinski definition) is 5. The van der Waals surface area contributed by atoms with Crippen LogP contribution in [0.3, 0.4) is 0 Å². The third kappa shape index (κ3) is 12.1. The average molecular weight is 1100 g/mol. The fraction of sp³-hybridized carbons (Fsp3) is 0.333. The van der Waals surface area contributed by atoms with Gasteiger partial charge in [0.1, 0.15) is 11.6 Å². The summed E-state index contributed by atoms with van der Waals surface area (Å²) >= 11 is 6.19. The SMILES string of the molecule is [Ac].[Ac].[NH-]Cc1ccc(CN2CCN(c3ccc(F)cc3)CC2)cc1Cl.[NH-]Cc1ccc(CN2CCN(c3ccc(F)cc3)CC2)cc1N. The summed E-state index contributed by atoms with van der Waals surface area (Å²) in [4.78, 5) is 9.36. The quantitative estimate of drug-likeness (QED) is 0.184. The number of benzene rings is 4. The Morgan fingerprint density at radius 3 is 1.33 bits per heavy atom. The minimum Gasteiger partial charge on any atom is -0.674 e. The van der Waals surface area contributed by atoms with Crippen molar-refractivity contribution in [2.24, 2.45) is 0 Å². The Labute approximate surface area is 360 Å². The molecule has 6 rings (SSSR count). The molecule has 0 amide bonds. The van der Waals surface area contributed by atoms with E-state index < -0.39 is 0 Å². The molecule has 12 heteroatoms. The van der Waals surface area contributed by atoms with Gasteiger partial charge in [0.2, 0.25) is 0 Å². The van der Waals surface area contributed by atoms with E-state index >= 15 is 0 Å². The van der Waals surface area contributed by atoms with Gasteiger partial charge in [0.05, 0.1) is 0 Å². The van der Waals surface area contributed by atoms with Crippen LogP contribution in [0.2, 0.25) is 5.02 Å². The van der Waals surface area contributed by atoms with Crippen LogP contribution >= 0.6 is 11.6 Å². The van der Waals surface area contributed by atoms with Crippen LogP contribution in [0.15, 0.2) is 84.9 Å². The number of nitrogens with two attached hydrogens (primary N) is 1. The topological polar surface area (TPSA) is 86.6 Å². The molecule has 0 bridgehead atoms. The Morgan fingerprint density at radius 1 is 0.562 bits per heavy atom. The molecule has 4 aromatic carbocycles. The van der Waals surface area contributed by atoms with Gasteiger partial charge in [0.15, 0.2) is 0 Å². The van der Waals surface area contributed by atoms with Crippen LogP contribution in [0.4, 0.5) is 25.8 Å². The number of halogens is 3. The maximum absolute atomic E-state index is 13.0. The van der Waals surface area contributed by atoms with Crippen molar-refractivity contribution in [2.45, 2.75) is 26.2 Å². The summed E-state index contributed by atoms with van der Waals surface area (Å²) in [7, 11) is 0. The van der Waals surface area contributed by atoms with Crippen molar-refractivity contribution in [3.63, 3.8) is 0 Å². The summed E-state index contributed by atoms with van der Waals surface area (Å²) in [6.07, 6.45) is 0. The molecule has 2 heterocycles. The van der Waals surface area contributed by atoms with Gasteiger partial charge in [0, 0.05) is 176 Å².